The highest BCUT2D eigenvalue weighted by atomic mass is 16.5. The summed E-state index contributed by atoms with van der Waals surface area (Å²) in [5.41, 5.74) is 2.08. The summed E-state index contributed by atoms with van der Waals surface area (Å²) in [5.74, 6) is 1.45. The second-order valence-electron chi connectivity index (χ2n) is 5.33. The maximum absolute atomic E-state index is 5.87. The minimum atomic E-state index is 0.521. The van der Waals surface area contributed by atoms with Crippen LogP contribution >= 0.6 is 0 Å². The van der Waals surface area contributed by atoms with Crippen LogP contribution in [0, 0.1) is 0 Å². The van der Waals surface area contributed by atoms with E-state index in [4.69, 9.17) is 9.47 Å². The van der Waals surface area contributed by atoms with Gasteiger partial charge in [-0.25, -0.2) is 0 Å². The molecule has 0 spiro atoms. The van der Waals surface area contributed by atoms with Crippen LogP contribution in [-0.2, 0) is 17.8 Å². The van der Waals surface area contributed by atoms with Crippen LogP contribution in [0.4, 0.5) is 0 Å². The van der Waals surface area contributed by atoms with E-state index >= 15 is 0 Å². The quantitative estimate of drug-likeness (QED) is 0.628. The molecule has 0 aliphatic carbocycles. The van der Waals surface area contributed by atoms with Gasteiger partial charge in [0, 0.05) is 12.1 Å². The number of allylic oxidation sites excluding steroid dienone is 1. The molecule has 1 heterocycles. The van der Waals surface area contributed by atoms with Gasteiger partial charge in [0.1, 0.15) is 12.4 Å². The van der Waals surface area contributed by atoms with Crippen molar-refractivity contribution in [1.29, 1.82) is 0 Å². The third kappa shape index (κ3) is 3.69. The van der Waals surface area contributed by atoms with Crippen molar-refractivity contribution in [3.05, 3.63) is 84.4 Å². The summed E-state index contributed by atoms with van der Waals surface area (Å²) in [6, 6.07) is 18.4. The summed E-state index contributed by atoms with van der Waals surface area (Å²) in [4.78, 5) is 4.38. The third-order valence-corrected chi connectivity index (χ3v) is 3.74. The number of benzene rings is 2. The maximum atomic E-state index is 5.87. The van der Waals surface area contributed by atoms with E-state index in [9.17, 15) is 0 Å². The molecule has 3 aromatic rings. The Balaban J connectivity index is 1.69. The first-order chi connectivity index (χ1) is 11.3. The van der Waals surface area contributed by atoms with Gasteiger partial charge in [0.2, 0.25) is 0 Å². The second kappa shape index (κ2) is 6.97. The van der Waals surface area contributed by atoms with Crippen LogP contribution in [-0.4, -0.2) is 12.1 Å². The minimum Gasteiger partial charge on any atom is -0.501 e. The van der Waals surface area contributed by atoms with E-state index in [0.717, 1.165) is 11.4 Å². The van der Waals surface area contributed by atoms with Crippen molar-refractivity contribution in [3.8, 4) is 5.75 Å². The number of nitrogens with zero attached hydrogens (tertiary/aromatic N) is 1. The topological polar surface area (TPSA) is 31.4 Å². The molecule has 0 saturated carbocycles. The van der Waals surface area contributed by atoms with Crippen LogP contribution in [0.25, 0.3) is 10.8 Å². The molecule has 3 rings (SSSR count). The predicted molar refractivity (Wildman–Crippen MR) is 92.4 cm³/mol. The molecule has 0 bridgehead atoms. The average molecular weight is 305 g/mol. The zero-order chi connectivity index (χ0) is 16.1. The van der Waals surface area contributed by atoms with E-state index in [1.165, 1.54) is 16.3 Å². The molecule has 0 N–H and O–H groups in total. The lowest BCUT2D eigenvalue weighted by molar-refractivity contribution is 0.284. The van der Waals surface area contributed by atoms with Gasteiger partial charge in [-0.2, -0.15) is 0 Å². The molecular formula is C20H19NO2. The Morgan fingerprint density at radius 1 is 1.04 bits per heavy atom. The lowest BCUT2D eigenvalue weighted by Crippen LogP contribution is -1.98. The largest absolute Gasteiger partial charge is 0.501 e. The van der Waals surface area contributed by atoms with Crippen molar-refractivity contribution in [1.82, 2.24) is 4.98 Å². The number of aromatic nitrogens is 1. The Kier molecular flexibility index (Phi) is 4.57. The van der Waals surface area contributed by atoms with Gasteiger partial charge >= 0.3 is 0 Å². The van der Waals surface area contributed by atoms with E-state index in [1.807, 2.05) is 24.3 Å². The first kappa shape index (κ1) is 15.1. The van der Waals surface area contributed by atoms with E-state index in [2.05, 4.69) is 41.9 Å². The van der Waals surface area contributed by atoms with Crippen LogP contribution in [0.15, 0.2) is 73.1 Å². The van der Waals surface area contributed by atoms with Gasteiger partial charge in [0.25, 0.3) is 0 Å². The summed E-state index contributed by atoms with van der Waals surface area (Å²) < 4.78 is 10.9. The van der Waals surface area contributed by atoms with Crippen LogP contribution in [0.1, 0.15) is 11.3 Å². The van der Waals surface area contributed by atoms with Gasteiger partial charge in [-0.05, 0) is 28.5 Å². The molecular weight excluding hydrogens is 286 g/mol. The number of hydrogen-bond acceptors (Lipinski definition) is 3. The third-order valence-electron chi connectivity index (χ3n) is 3.74. The van der Waals surface area contributed by atoms with E-state index < -0.39 is 0 Å². The number of rotatable bonds is 6. The minimum absolute atomic E-state index is 0.521. The highest BCUT2D eigenvalue weighted by Gasteiger charge is 2.03. The monoisotopic (exact) mass is 305 g/mol. The molecule has 2 aromatic carbocycles. The van der Waals surface area contributed by atoms with Gasteiger partial charge in [0.15, 0.2) is 0 Å². The number of pyridine rings is 1. The zero-order valence-corrected chi connectivity index (χ0v) is 13.2. The van der Waals surface area contributed by atoms with Crippen molar-refractivity contribution in [2.45, 2.75) is 13.0 Å². The Hall–Kier alpha value is -2.81. The number of hydrogen-bond donors (Lipinski definition) is 0. The standard InChI is InChI=1S/C20H19NO2/c1-15(22-2)12-18-10-11-19(13-21-18)23-14-17-8-5-7-16-6-3-4-9-20(16)17/h3-11,13H,1,12,14H2,2H3. The molecule has 116 valence electrons. The normalized spacial score (nSPS) is 10.5. The van der Waals surface area contributed by atoms with Crippen molar-refractivity contribution in [3.63, 3.8) is 0 Å². The fourth-order valence-electron chi connectivity index (χ4n) is 2.45. The summed E-state index contributed by atoms with van der Waals surface area (Å²) in [6.45, 7) is 4.32. The van der Waals surface area contributed by atoms with Gasteiger partial charge in [-0.15, -0.1) is 0 Å². The van der Waals surface area contributed by atoms with E-state index in [0.29, 0.717) is 18.8 Å². The van der Waals surface area contributed by atoms with Crippen molar-refractivity contribution in [2.24, 2.45) is 0 Å². The first-order valence-electron chi connectivity index (χ1n) is 7.52. The molecule has 0 aliphatic heterocycles. The molecule has 0 saturated heterocycles. The summed E-state index contributed by atoms with van der Waals surface area (Å²) in [5, 5.41) is 2.44. The molecule has 0 fully saturated rings. The summed E-state index contributed by atoms with van der Waals surface area (Å²) in [7, 11) is 1.62. The zero-order valence-electron chi connectivity index (χ0n) is 13.2. The van der Waals surface area contributed by atoms with Crippen LogP contribution < -0.4 is 4.74 Å². The number of methoxy groups -OCH3 is 1. The fraction of sp³-hybridized carbons (Fsp3) is 0.150. The first-order valence-corrected chi connectivity index (χ1v) is 7.52. The van der Waals surface area contributed by atoms with E-state index in [1.54, 1.807) is 13.3 Å². The maximum Gasteiger partial charge on any atom is 0.138 e. The summed E-state index contributed by atoms with van der Waals surface area (Å²) >= 11 is 0. The SMILES string of the molecule is C=C(Cc1ccc(OCc2cccc3ccccc23)cn1)OC. The lowest BCUT2D eigenvalue weighted by Gasteiger charge is -2.09. The Morgan fingerprint density at radius 3 is 2.65 bits per heavy atom. The molecule has 3 heteroatoms. The van der Waals surface area contributed by atoms with Gasteiger partial charge in [-0.1, -0.05) is 49.0 Å². The van der Waals surface area contributed by atoms with Crippen molar-refractivity contribution in [2.75, 3.05) is 7.11 Å². The van der Waals surface area contributed by atoms with Gasteiger partial charge < -0.3 is 9.47 Å². The molecule has 0 amide bonds. The Bertz CT molecular complexity index is 804. The molecule has 0 radical (unpaired) electrons. The predicted octanol–water partition coefficient (Wildman–Crippen LogP) is 4.52. The molecule has 0 aliphatic rings. The van der Waals surface area contributed by atoms with Crippen LogP contribution in [0.5, 0.6) is 5.75 Å². The van der Waals surface area contributed by atoms with Crippen LogP contribution in [0.3, 0.4) is 0 Å². The highest BCUT2D eigenvalue weighted by molar-refractivity contribution is 5.85. The lowest BCUT2D eigenvalue weighted by atomic mass is 10.1. The van der Waals surface area contributed by atoms with Crippen LogP contribution in [0.2, 0.25) is 0 Å². The fourth-order valence-corrected chi connectivity index (χ4v) is 2.45. The number of ether oxygens (including phenoxy) is 2. The highest BCUT2D eigenvalue weighted by Crippen LogP contribution is 2.20. The van der Waals surface area contributed by atoms with Gasteiger partial charge in [-0.3, -0.25) is 4.98 Å². The summed E-state index contributed by atoms with van der Waals surface area (Å²) in [6.07, 6.45) is 2.35. The second-order valence-corrected chi connectivity index (χ2v) is 5.33. The number of fused-ring (bicyclic) bond motifs is 1. The van der Waals surface area contributed by atoms with E-state index in [-0.39, 0.29) is 0 Å². The smallest absolute Gasteiger partial charge is 0.138 e. The van der Waals surface area contributed by atoms with Gasteiger partial charge in [0.05, 0.1) is 19.1 Å². The molecule has 1 aromatic heterocycles. The molecule has 0 atom stereocenters. The molecule has 0 unspecified atom stereocenters. The van der Waals surface area contributed by atoms with Crippen molar-refractivity contribution >= 4 is 10.8 Å². The Morgan fingerprint density at radius 2 is 1.87 bits per heavy atom. The van der Waals surface area contributed by atoms with Crippen molar-refractivity contribution < 1.29 is 9.47 Å². The molecule has 23 heavy (non-hydrogen) atoms. The average Bonchev–Trinajstić information content (AvgIpc) is 2.61. The Labute approximate surface area is 136 Å². The molecule has 3 nitrogen and oxygen atoms in total.